The maximum Gasteiger partial charge on any atom is 0.0109 e. The molecule has 0 bridgehead atoms. The van der Waals surface area contributed by atoms with Crippen LogP contribution < -0.4 is 5.32 Å². The van der Waals surface area contributed by atoms with Gasteiger partial charge in [-0.1, -0.05) is 45.4 Å². The second-order valence-electron chi connectivity index (χ2n) is 6.30. The van der Waals surface area contributed by atoms with Crippen LogP contribution in [0.25, 0.3) is 0 Å². The predicted octanol–water partition coefficient (Wildman–Crippen LogP) is 3.97. The molecule has 0 heterocycles. The molecule has 1 N–H and O–H groups in total. The number of aryl methyl sites for hydroxylation is 2. The van der Waals surface area contributed by atoms with Crippen LogP contribution >= 0.6 is 0 Å². The van der Waals surface area contributed by atoms with Crippen molar-refractivity contribution in [1.82, 2.24) is 5.32 Å². The van der Waals surface area contributed by atoms with Crippen molar-refractivity contribution in [3.05, 3.63) is 34.9 Å². The minimum Gasteiger partial charge on any atom is -0.314 e. The van der Waals surface area contributed by atoms with Crippen molar-refractivity contribution in [3.8, 4) is 0 Å². The van der Waals surface area contributed by atoms with E-state index in [9.17, 15) is 0 Å². The van der Waals surface area contributed by atoms with E-state index in [1.165, 1.54) is 24.0 Å². The fourth-order valence-corrected chi connectivity index (χ4v) is 3.03. The monoisotopic (exact) mass is 245 g/mol. The summed E-state index contributed by atoms with van der Waals surface area (Å²) < 4.78 is 0. The summed E-state index contributed by atoms with van der Waals surface area (Å²) in [6, 6.07) is 7.62. The molecule has 1 saturated carbocycles. The van der Waals surface area contributed by atoms with Crippen molar-refractivity contribution in [3.63, 3.8) is 0 Å². The average Bonchev–Trinajstić information content (AvgIpc) is 3.05. The molecule has 0 radical (unpaired) electrons. The molecule has 2 unspecified atom stereocenters. The lowest BCUT2D eigenvalue weighted by atomic mass is 9.89. The fraction of sp³-hybridized carbons (Fsp3) is 0.647. The van der Waals surface area contributed by atoms with Gasteiger partial charge < -0.3 is 5.32 Å². The van der Waals surface area contributed by atoms with Gasteiger partial charge in [0.25, 0.3) is 0 Å². The lowest BCUT2D eigenvalue weighted by molar-refractivity contribution is 0.487. The summed E-state index contributed by atoms with van der Waals surface area (Å²) >= 11 is 0. The number of rotatable bonds is 5. The summed E-state index contributed by atoms with van der Waals surface area (Å²) in [5, 5.41) is 3.65. The molecule has 1 aliphatic rings. The Morgan fingerprint density at radius 3 is 2.50 bits per heavy atom. The molecule has 0 aliphatic heterocycles. The first-order valence-corrected chi connectivity index (χ1v) is 7.30. The van der Waals surface area contributed by atoms with Crippen molar-refractivity contribution in [1.29, 1.82) is 0 Å². The summed E-state index contributed by atoms with van der Waals surface area (Å²) in [6.45, 7) is 12.3. The highest BCUT2D eigenvalue weighted by Crippen LogP contribution is 2.55. The molecular formula is C17H27N. The van der Waals surface area contributed by atoms with E-state index in [0.717, 1.165) is 12.5 Å². The Morgan fingerprint density at radius 1 is 1.28 bits per heavy atom. The first-order valence-electron chi connectivity index (χ1n) is 7.30. The molecule has 2 atom stereocenters. The molecule has 1 aromatic rings. The van der Waals surface area contributed by atoms with Gasteiger partial charge in [0.15, 0.2) is 0 Å². The van der Waals surface area contributed by atoms with E-state index in [-0.39, 0.29) is 0 Å². The molecule has 1 aliphatic carbocycles. The van der Waals surface area contributed by atoms with Gasteiger partial charge in [0.05, 0.1) is 0 Å². The van der Waals surface area contributed by atoms with Crippen molar-refractivity contribution in [2.45, 2.75) is 58.9 Å². The maximum atomic E-state index is 3.65. The highest BCUT2D eigenvalue weighted by Gasteiger charge is 2.53. The fourth-order valence-electron chi connectivity index (χ4n) is 3.03. The Morgan fingerprint density at radius 2 is 2.00 bits per heavy atom. The quantitative estimate of drug-likeness (QED) is 0.827. The second kappa shape index (κ2) is 5.05. The Labute approximate surface area is 112 Å². The third kappa shape index (κ3) is 2.47. The van der Waals surface area contributed by atoms with Crippen LogP contribution in [0.1, 0.15) is 50.3 Å². The molecule has 0 aromatic heterocycles. The van der Waals surface area contributed by atoms with Crippen molar-refractivity contribution < 1.29 is 0 Å². The van der Waals surface area contributed by atoms with Crippen LogP contribution in [0, 0.1) is 19.8 Å². The van der Waals surface area contributed by atoms with Crippen molar-refractivity contribution in [2.24, 2.45) is 5.92 Å². The predicted molar refractivity (Wildman–Crippen MR) is 79.1 cm³/mol. The lowest BCUT2D eigenvalue weighted by Gasteiger charge is -2.21. The Bertz CT molecular complexity index is 422. The summed E-state index contributed by atoms with van der Waals surface area (Å²) in [5.41, 5.74) is 4.79. The van der Waals surface area contributed by atoms with Gasteiger partial charge in [0.2, 0.25) is 0 Å². The number of nitrogens with one attached hydrogen (secondary N) is 1. The first-order chi connectivity index (χ1) is 8.49. The van der Waals surface area contributed by atoms with Crippen LogP contribution in [0.2, 0.25) is 0 Å². The van der Waals surface area contributed by atoms with Gasteiger partial charge in [0.1, 0.15) is 0 Å². The van der Waals surface area contributed by atoms with Gasteiger partial charge in [-0.3, -0.25) is 0 Å². The second-order valence-corrected chi connectivity index (χ2v) is 6.30. The molecular weight excluding hydrogens is 218 g/mol. The van der Waals surface area contributed by atoms with E-state index in [1.54, 1.807) is 5.56 Å². The zero-order valence-corrected chi connectivity index (χ0v) is 12.5. The zero-order chi connectivity index (χ0) is 13.3. The minimum absolute atomic E-state index is 0.414. The standard InChI is InChI=1S/C17H27N/c1-6-15-10-17(15,11-18-12(2)3)16-8-7-13(4)14(5)9-16/h7-9,12,15,18H,6,10-11H2,1-5H3. The van der Waals surface area contributed by atoms with Gasteiger partial charge in [-0.15, -0.1) is 0 Å². The molecule has 18 heavy (non-hydrogen) atoms. The molecule has 0 amide bonds. The van der Waals surface area contributed by atoms with Gasteiger partial charge in [-0.25, -0.2) is 0 Å². The van der Waals surface area contributed by atoms with Gasteiger partial charge in [0, 0.05) is 18.0 Å². The molecule has 100 valence electrons. The van der Waals surface area contributed by atoms with Crippen LogP contribution in [-0.4, -0.2) is 12.6 Å². The normalized spacial score (nSPS) is 26.7. The van der Waals surface area contributed by atoms with E-state index in [4.69, 9.17) is 0 Å². The number of hydrogen-bond donors (Lipinski definition) is 1. The Kier molecular flexibility index (Phi) is 3.82. The van der Waals surface area contributed by atoms with Gasteiger partial charge in [-0.2, -0.15) is 0 Å². The van der Waals surface area contributed by atoms with E-state index in [1.807, 2.05) is 0 Å². The average molecular weight is 245 g/mol. The molecule has 0 saturated heterocycles. The van der Waals surface area contributed by atoms with Gasteiger partial charge >= 0.3 is 0 Å². The molecule has 1 heteroatoms. The van der Waals surface area contributed by atoms with Crippen LogP contribution in [-0.2, 0) is 5.41 Å². The SMILES string of the molecule is CCC1CC1(CNC(C)C)c1ccc(C)c(C)c1. The lowest BCUT2D eigenvalue weighted by Crippen LogP contribution is -2.33. The van der Waals surface area contributed by atoms with E-state index >= 15 is 0 Å². The smallest absolute Gasteiger partial charge is 0.0109 e. The molecule has 2 rings (SSSR count). The Hall–Kier alpha value is -0.820. The van der Waals surface area contributed by atoms with E-state index < -0.39 is 0 Å². The first kappa shape index (κ1) is 13.6. The van der Waals surface area contributed by atoms with Crippen LogP contribution in [0.15, 0.2) is 18.2 Å². The van der Waals surface area contributed by atoms with Crippen LogP contribution in [0.5, 0.6) is 0 Å². The summed E-state index contributed by atoms with van der Waals surface area (Å²) in [7, 11) is 0. The summed E-state index contributed by atoms with van der Waals surface area (Å²) in [5.74, 6) is 0.867. The highest BCUT2D eigenvalue weighted by atomic mass is 14.9. The van der Waals surface area contributed by atoms with E-state index in [0.29, 0.717) is 11.5 Å². The van der Waals surface area contributed by atoms with E-state index in [2.05, 4.69) is 58.1 Å². The minimum atomic E-state index is 0.414. The van der Waals surface area contributed by atoms with Gasteiger partial charge in [-0.05, 0) is 42.9 Å². The zero-order valence-electron chi connectivity index (χ0n) is 12.5. The van der Waals surface area contributed by atoms with Crippen LogP contribution in [0.4, 0.5) is 0 Å². The Balaban J connectivity index is 2.22. The summed E-state index contributed by atoms with van der Waals surface area (Å²) in [6.07, 6.45) is 2.65. The van der Waals surface area contributed by atoms with Crippen LogP contribution in [0.3, 0.4) is 0 Å². The largest absolute Gasteiger partial charge is 0.314 e. The topological polar surface area (TPSA) is 12.0 Å². The third-order valence-corrected chi connectivity index (χ3v) is 4.63. The molecule has 1 aromatic carbocycles. The third-order valence-electron chi connectivity index (χ3n) is 4.63. The maximum absolute atomic E-state index is 3.65. The highest BCUT2D eigenvalue weighted by molar-refractivity contribution is 5.40. The molecule has 1 nitrogen and oxygen atoms in total. The molecule has 0 spiro atoms. The summed E-state index contributed by atoms with van der Waals surface area (Å²) in [4.78, 5) is 0. The number of hydrogen-bond acceptors (Lipinski definition) is 1. The number of benzene rings is 1. The van der Waals surface area contributed by atoms with Crippen molar-refractivity contribution >= 4 is 0 Å². The van der Waals surface area contributed by atoms with Crippen molar-refractivity contribution in [2.75, 3.05) is 6.54 Å². The molecule has 1 fully saturated rings.